The van der Waals surface area contributed by atoms with Crippen molar-refractivity contribution >= 4 is 39.0 Å². The van der Waals surface area contributed by atoms with Crippen LogP contribution in [-0.2, 0) is 26.5 Å². The minimum atomic E-state index is -0.0126. The maximum Gasteiger partial charge on any atom is 0.135 e. The van der Waals surface area contributed by atoms with Gasteiger partial charge in [0.25, 0.3) is 0 Å². The number of anilines is 3. The molecule has 0 radical (unpaired) electrons. The van der Waals surface area contributed by atoms with Crippen LogP contribution in [0.4, 0.5) is 17.1 Å². The van der Waals surface area contributed by atoms with Gasteiger partial charge in [-0.05, 0) is 60.6 Å². The molecule has 6 aromatic rings. The van der Waals surface area contributed by atoms with Gasteiger partial charge in [-0.3, -0.25) is 9.97 Å². The first kappa shape index (κ1) is 27.0. The van der Waals surface area contributed by atoms with Crippen LogP contribution in [0, 0.1) is 18.8 Å². The van der Waals surface area contributed by atoms with Crippen LogP contribution >= 0.6 is 0 Å². The Morgan fingerprint density at radius 2 is 1.63 bits per heavy atom. The Hall–Kier alpha value is -4.22. The Bertz CT molecular complexity index is 1890. The molecule has 0 saturated carbocycles. The molecule has 0 aliphatic carbocycles. The number of aromatic nitrogens is 4. The summed E-state index contributed by atoms with van der Waals surface area (Å²) in [6.45, 7) is 8.63. The predicted octanol–water partition coefficient (Wildman–Crippen LogP) is 7.36. The van der Waals surface area contributed by atoms with E-state index in [0.29, 0.717) is 11.6 Å². The SMILES string of the molecule is CN1[CH-]N(c2[c-]c(Oc3[c-]c4c(cc3)c3ncccc3n4-c3cc(C(C)(C)C)ccn3)ncc2)c2ccccc21.[Pt]. The quantitative estimate of drug-likeness (QED) is 0.178. The molecule has 2 aromatic carbocycles. The topological polar surface area (TPSA) is 59.3 Å². The van der Waals surface area contributed by atoms with Crippen LogP contribution in [-0.4, -0.2) is 26.6 Å². The summed E-state index contributed by atoms with van der Waals surface area (Å²) in [4.78, 5) is 18.0. The largest absolute Gasteiger partial charge is 0.504 e. The average molecular weight is 719 g/mol. The molecular formula is C33H27N6OPt-3. The summed E-state index contributed by atoms with van der Waals surface area (Å²) in [5, 5.41) is 0.975. The summed E-state index contributed by atoms with van der Waals surface area (Å²) in [7, 11) is 2.03. The Kier molecular flexibility index (Phi) is 6.78. The molecule has 0 amide bonds. The third-order valence-corrected chi connectivity index (χ3v) is 7.18. The third-order valence-electron chi connectivity index (χ3n) is 7.18. The van der Waals surface area contributed by atoms with Crippen molar-refractivity contribution in [1.82, 2.24) is 19.5 Å². The second-order valence-electron chi connectivity index (χ2n) is 10.9. The van der Waals surface area contributed by atoms with E-state index in [1.807, 2.05) is 62.5 Å². The van der Waals surface area contributed by atoms with Gasteiger partial charge in [-0.25, -0.2) is 4.98 Å². The van der Waals surface area contributed by atoms with Gasteiger partial charge in [0, 0.05) is 56.1 Å². The summed E-state index contributed by atoms with van der Waals surface area (Å²) in [6, 6.07) is 29.1. The minimum Gasteiger partial charge on any atom is -0.504 e. The molecule has 0 atom stereocenters. The number of benzene rings is 2. The Morgan fingerprint density at radius 1 is 0.829 bits per heavy atom. The molecule has 8 heteroatoms. The maximum atomic E-state index is 6.24. The summed E-state index contributed by atoms with van der Waals surface area (Å²) in [5.41, 5.74) is 6.92. The fourth-order valence-electron chi connectivity index (χ4n) is 5.15. The first-order valence-electron chi connectivity index (χ1n) is 13.2. The van der Waals surface area contributed by atoms with Gasteiger partial charge >= 0.3 is 0 Å². The average Bonchev–Trinajstić information content (AvgIpc) is 3.47. The molecule has 0 fully saturated rings. The van der Waals surface area contributed by atoms with Gasteiger partial charge in [0.15, 0.2) is 0 Å². The first-order valence-corrected chi connectivity index (χ1v) is 13.2. The molecule has 4 aromatic heterocycles. The molecule has 7 nitrogen and oxygen atoms in total. The number of hydrogen-bond donors (Lipinski definition) is 0. The Morgan fingerprint density at radius 3 is 2.46 bits per heavy atom. The van der Waals surface area contributed by atoms with E-state index >= 15 is 0 Å². The van der Waals surface area contributed by atoms with Crippen molar-refractivity contribution in [3.63, 3.8) is 0 Å². The van der Waals surface area contributed by atoms with Crippen LogP contribution in [0.1, 0.15) is 26.3 Å². The zero-order valence-corrected chi connectivity index (χ0v) is 25.3. The second kappa shape index (κ2) is 10.3. The molecule has 7 rings (SSSR count). The minimum absolute atomic E-state index is 0. The van der Waals surface area contributed by atoms with Gasteiger partial charge in [-0.15, -0.1) is 12.1 Å². The van der Waals surface area contributed by atoms with Crippen molar-refractivity contribution in [2.45, 2.75) is 26.2 Å². The molecule has 208 valence electrons. The third kappa shape index (κ3) is 4.74. The monoisotopic (exact) mass is 718 g/mol. The van der Waals surface area contributed by atoms with Crippen molar-refractivity contribution in [3.8, 4) is 17.4 Å². The van der Waals surface area contributed by atoms with Gasteiger partial charge in [0.2, 0.25) is 0 Å². The molecule has 0 N–H and O–H groups in total. The first-order chi connectivity index (χ1) is 19.4. The van der Waals surface area contributed by atoms with Gasteiger partial charge in [0.05, 0.1) is 5.52 Å². The van der Waals surface area contributed by atoms with E-state index in [9.17, 15) is 0 Å². The second-order valence-corrected chi connectivity index (χ2v) is 10.9. The van der Waals surface area contributed by atoms with Gasteiger partial charge in [-0.2, -0.15) is 30.6 Å². The maximum absolute atomic E-state index is 6.24. The number of nitrogens with zero attached hydrogens (tertiary/aromatic N) is 6. The summed E-state index contributed by atoms with van der Waals surface area (Å²) in [5.74, 6) is 1.71. The van der Waals surface area contributed by atoms with E-state index in [2.05, 4.69) is 87.6 Å². The summed E-state index contributed by atoms with van der Waals surface area (Å²) >= 11 is 0. The van der Waals surface area contributed by atoms with E-state index in [1.165, 1.54) is 5.56 Å². The standard InChI is InChI=1S/C33H27N6O.Pt/c1-33(2,3)22-13-16-34-30(18-22)39-28-10-7-15-36-32(28)25-12-11-24(20-29(25)39)40-31-19-23(14-17-35-31)38-21-37(4)26-8-5-6-9-27(26)38;/h5-18,21H,1-4H3;/q-3;. The van der Waals surface area contributed by atoms with E-state index in [4.69, 9.17) is 9.72 Å². The molecular weight excluding hydrogens is 691 g/mol. The predicted molar refractivity (Wildman–Crippen MR) is 158 cm³/mol. The zero-order chi connectivity index (χ0) is 27.4. The molecule has 1 aliphatic heterocycles. The van der Waals surface area contributed by atoms with Crippen LogP contribution in [0.3, 0.4) is 0 Å². The fourth-order valence-corrected chi connectivity index (χ4v) is 5.15. The number of para-hydroxylation sites is 2. The van der Waals surface area contributed by atoms with Crippen LogP contribution in [0.5, 0.6) is 11.6 Å². The molecule has 1 aliphatic rings. The number of ether oxygens (including phenoxy) is 1. The van der Waals surface area contributed by atoms with Gasteiger partial charge < -0.3 is 19.1 Å². The number of pyridine rings is 3. The number of hydrogen-bond acceptors (Lipinski definition) is 6. The number of fused-ring (bicyclic) bond motifs is 4. The summed E-state index contributed by atoms with van der Waals surface area (Å²) in [6.07, 6.45) is 5.40. The van der Waals surface area contributed by atoms with E-state index in [-0.39, 0.29) is 26.5 Å². The van der Waals surface area contributed by atoms with Crippen LogP contribution < -0.4 is 14.5 Å². The smallest absolute Gasteiger partial charge is 0.135 e. The van der Waals surface area contributed by atoms with Crippen molar-refractivity contribution in [1.29, 1.82) is 0 Å². The van der Waals surface area contributed by atoms with Crippen molar-refractivity contribution in [3.05, 3.63) is 110 Å². The Labute approximate surface area is 253 Å². The van der Waals surface area contributed by atoms with E-state index < -0.39 is 0 Å². The van der Waals surface area contributed by atoms with Crippen LogP contribution in [0.25, 0.3) is 27.8 Å². The van der Waals surface area contributed by atoms with Gasteiger partial charge in [0.1, 0.15) is 11.7 Å². The van der Waals surface area contributed by atoms with Crippen molar-refractivity contribution < 1.29 is 25.8 Å². The Balaban J connectivity index is 0.00000302. The van der Waals surface area contributed by atoms with E-state index in [1.54, 1.807) is 6.20 Å². The van der Waals surface area contributed by atoms with Crippen molar-refractivity contribution in [2.24, 2.45) is 0 Å². The zero-order valence-electron chi connectivity index (χ0n) is 23.1. The normalized spacial score (nSPS) is 13.0. The number of rotatable bonds is 4. The molecule has 5 heterocycles. The van der Waals surface area contributed by atoms with Crippen molar-refractivity contribution in [2.75, 3.05) is 16.8 Å². The molecule has 0 spiro atoms. The van der Waals surface area contributed by atoms with Gasteiger partial charge in [-0.1, -0.05) is 43.8 Å². The molecule has 0 unspecified atom stereocenters. The van der Waals surface area contributed by atoms with Crippen LogP contribution in [0.15, 0.2) is 85.3 Å². The van der Waals surface area contributed by atoms with Crippen LogP contribution in [0.2, 0.25) is 0 Å². The fraction of sp³-hybridized carbons (Fsp3) is 0.152. The summed E-state index contributed by atoms with van der Waals surface area (Å²) < 4.78 is 8.33. The van der Waals surface area contributed by atoms with E-state index in [0.717, 1.165) is 44.8 Å². The molecule has 0 bridgehead atoms. The molecule has 0 saturated heterocycles. The molecule has 41 heavy (non-hydrogen) atoms.